The number of aromatic nitrogens is 1. The number of benzene rings is 1. The molecule has 0 spiro atoms. The van der Waals surface area contributed by atoms with Crippen molar-refractivity contribution < 1.29 is 27.5 Å². The summed E-state index contributed by atoms with van der Waals surface area (Å²) in [6.45, 7) is 12.9. The molecule has 9 heteroatoms. The van der Waals surface area contributed by atoms with Crippen molar-refractivity contribution in [2.24, 2.45) is 0 Å². The van der Waals surface area contributed by atoms with Crippen molar-refractivity contribution in [2.45, 2.75) is 65.9 Å². The first-order valence-electron chi connectivity index (χ1n) is 10.8. The third-order valence-electron chi connectivity index (χ3n) is 5.99. The fraction of sp³-hybridized carbons (Fsp3) is 0.500. The van der Waals surface area contributed by atoms with Crippen LogP contribution in [0.15, 0.2) is 17.0 Å². The summed E-state index contributed by atoms with van der Waals surface area (Å²) in [5.41, 5.74) is 5.09. The summed E-state index contributed by atoms with van der Waals surface area (Å²) in [6.07, 6.45) is 0. The highest BCUT2D eigenvalue weighted by atomic mass is 32.2. The average molecular weight is 479 g/mol. The van der Waals surface area contributed by atoms with Gasteiger partial charge in [-0.1, -0.05) is 6.07 Å². The van der Waals surface area contributed by atoms with Gasteiger partial charge in [0.05, 0.1) is 11.5 Å². The molecular formula is C24H34N2O6S. The van der Waals surface area contributed by atoms with Crippen LogP contribution in [0.3, 0.4) is 0 Å². The zero-order chi connectivity index (χ0) is 25.1. The molecule has 1 heterocycles. The molecule has 0 aliphatic rings. The molecule has 1 aromatic heterocycles. The van der Waals surface area contributed by atoms with Crippen LogP contribution in [0, 0.1) is 41.5 Å². The van der Waals surface area contributed by atoms with Gasteiger partial charge in [0.15, 0.2) is 6.61 Å². The first kappa shape index (κ1) is 26.8. The second-order valence-corrected chi connectivity index (χ2v) is 10.0. The number of methoxy groups -OCH3 is 1. The number of carbonyl (C=O) groups is 2. The predicted molar refractivity (Wildman–Crippen MR) is 126 cm³/mol. The molecule has 0 aliphatic carbocycles. The molecule has 182 valence electrons. The SMILES string of the molecule is COCCn1c(C)cc(C(=O)COC(=O)C(C)NS(=O)(=O)c2c(C)c(C)cc(C)c2C)c1C. The van der Waals surface area contributed by atoms with E-state index in [2.05, 4.69) is 4.72 Å². The van der Waals surface area contributed by atoms with E-state index < -0.39 is 28.6 Å². The Morgan fingerprint density at radius 1 is 1.03 bits per heavy atom. The summed E-state index contributed by atoms with van der Waals surface area (Å²) in [4.78, 5) is 25.3. The van der Waals surface area contributed by atoms with E-state index in [4.69, 9.17) is 9.47 Å². The molecule has 0 bridgehead atoms. The molecule has 1 unspecified atom stereocenters. The van der Waals surface area contributed by atoms with Crippen LogP contribution in [0.25, 0.3) is 0 Å². The summed E-state index contributed by atoms with van der Waals surface area (Å²) in [5.74, 6) is -1.17. The van der Waals surface area contributed by atoms with Crippen molar-refractivity contribution in [3.8, 4) is 0 Å². The molecule has 0 saturated carbocycles. The summed E-state index contributed by atoms with van der Waals surface area (Å²) in [6, 6.07) is 2.52. The Kier molecular flexibility index (Phi) is 8.62. The number of ketones is 1. The number of aryl methyl sites for hydroxylation is 3. The minimum atomic E-state index is -3.97. The van der Waals surface area contributed by atoms with Crippen LogP contribution >= 0.6 is 0 Å². The van der Waals surface area contributed by atoms with E-state index >= 15 is 0 Å². The second-order valence-electron chi connectivity index (χ2n) is 8.39. The average Bonchev–Trinajstić information content (AvgIpc) is 3.01. The molecule has 8 nitrogen and oxygen atoms in total. The zero-order valence-corrected chi connectivity index (χ0v) is 21.5. The van der Waals surface area contributed by atoms with Crippen LogP contribution in [0.1, 0.15) is 50.9 Å². The highest BCUT2D eigenvalue weighted by Gasteiger charge is 2.28. The molecular weight excluding hydrogens is 444 g/mol. The summed E-state index contributed by atoms with van der Waals surface area (Å²) >= 11 is 0. The topological polar surface area (TPSA) is 104 Å². The van der Waals surface area contributed by atoms with E-state index in [0.717, 1.165) is 22.5 Å². The lowest BCUT2D eigenvalue weighted by atomic mass is 10.0. The third kappa shape index (κ3) is 5.90. The molecule has 0 aliphatic heterocycles. The molecule has 2 rings (SSSR count). The van der Waals surface area contributed by atoms with Gasteiger partial charge < -0.3 is 14.0 Å². The second kappa shape index (κ2) is 10.6. The summed E-state index contributed by atoms with van der Waals surface area (Å²) < 4.78 is 40.6. The largest absolute Gasteiger partial charge is 0.456 e. The van der Waals surface area contributed by atoms with Crippen molar-refractivity contribution in [1.82, 2.24) is 9.29 Å². The number of esters is 1. The Morgan fingerprint density at radius 2 is 1.61 bits per heavy atom. The van der Waals surface area contributed by atoms with Gasteiger partial charge in [0.2, 0.25) is 15.8 Å². The monoisotopic (exact) mass is 478 g/mol. The fourth-order valence-corrected chi connectivity index (χ4v) is 5.68. The lowest BCUT2D eigenvalue weighted by Crippen LogP contribution is -2.40. The first-order chi connectivity index (χ1) is 15.3. The Labute approximate surface area is 196 Å². The Bertz CT molecular complexity index is 1140. The van der Waals surface area contributed by atoms with Gasteiger partial charge in [0.25, 0.3) is 0 Å². The summed E-state index contributed by atoms with van der Waals surface area (Å²) in [7, 11) is -2.36. The van der Waals surface area contributed by atoms with Gasteiger partial charge in [0.1, 0.15) is 6.04 Å². The van der Waals surface area contributed by atoms with Gasteiger partial charge in [-0.05, 0) is 76.8 Å². The van der Waals surface area contributed by atoms with Crippen LogP contribution < -0.4 is 4.72 Å². The molecule has 0 saturated heterocycles. The fourth-order valence-electron chi connectivity index (χ4n) is 3.87. The first-order valence-corrected chi connectivity index (χ1v) is 12.2. The van der Waals surface area contributed by atoms with Crippen molar-refractivity contribution in [1.29, 1.82) is 0 Å². The standard InChI is InChI=1S/C24H34N2O6S/c1-14-11-15(2)18(5)23(17(14)4)33(29,30)25-19(6)24(28)32-13-22(27)21-12-16(3)26(20(21)7)9-10-31-8/h11-12,19,25H,9-10,13H2,1-8H3. The van der Waals surface area contributed by atoms with Gasteiger partial charge in [-0.25, -0.2) is 8.42 Å². The van der Waals surface area contributed by atoms with E-state index in [1.165, 1.54) is 6.92 Å². The van der Waals surface area contributed by atoms with E-state index in [1.54, 1.807) is 27.0 Å². The number of nitrogens with zero attached hydrogens (tertiary/aromatic N) is 1. The van der Waals surface area contributed by atoms with Gasteiger partial charge in [-0.3, -0.25) is 9.59 Å². The highest BCUT2D eigenvalue weighted by molar-refractivity contribution is 7.89. The van der Waals surface area contributed by atoms with Gasteiger partial charge >= 0.3 is 5.97 Å². The van der Waals surface area contributed by atoms with E-state index in [9.17, 15) is 18.0 Å². The van der Waals surface area contributed by atoms with E-state index in [-0.39, 0.29) is 10.7 Å². The predicted octanol–water partition coefficient (Wildman–Crippen LogP) is 3.08. The normalized spacial score (nSPS) is 12.6. The number of ether oxygens (including phenoxy) is 2. The molecule has 1 atom stereocenters. The van der Waals surface area contributed by atoms with Crippen LogP contribution in [0.5, 0.6) is 0 Å². The van der Waals surface area contributed by atoms with Gasteiger partial charge in [-0.2, -0.15) is 4.72 Å². The minimum absolute atomic E-state index is 0.166. The zero-order valence-electron chi connectivity index (χ0n) is 20.7. The number of hydrogen-bond acceptors (Lipinski definition) is 6. The quantitative estimate of drug-likeness (QED) is 0.416. The number of rotatable bonds is 10. The molecule has 0 fully saturated rings. The molecule has 1 aromatic carbocycles. The lowest BCUT2D eigenvalue weighted by Gasteiger charge is -2.18. The van der Waals surface area contributed by atoms with Crippen LogP contribution in [-0.2, 0) is 30.8 Å². The van der Waals surface area contributed by atoms with E-state index in [1.807, 2.05) is 38.3 Å². The van der Waals surface area contributed by atoms with Gasteiger partial charge in [-0.15, -0.1) is 0 Å². The van der Waals surface area contributed by atoms with Crippen molar-refractivity contribution >= 4 is 21.8 Å². The van der Waals surface area contributed by atoms with Gasteiger partial charge in [0, 0.05) is 30.6 Å². The molecule has 0 radical (unpaired) electrons. The van der Waals surface area contributed by atoms with Crippen LogP contribution in [0.2, 0.25) is 0 Å². The minimum Gasteiger partial charge on any atom is -0.456 e. The number of carbonyl (C=O) groups excluding carboxylic acids is 2. The number of nitrogens with one attached hydrogen (secondary N) is 1. The Hall–Kier alpha value is -2.49. The smallest absolute Gasteiger partial charge is 0.324 e. The maximum atomic E-state index is 13.0. The Balaban J connectivity index is 2.10. The molecule has 0 amide bonds. The summed E-state index contributed by atoms with van der Waals surface area (Å²) in [5, 5.41) is 0. The molecule has 1 N–H and O–H groups in total. The maximum absolute atomic E-state index is 13.0. The molecule has 33 heavy (non-hydrogen) atoms. The number of hydrogen-bond donors (Lipinski definition) is 1. The Morgan fingerprint density at radius 3 is 2.15 bits per heavy atom. The van der Waals surface area contributed by atoms with Crippen molar-refractivity contribution in [3.05, 3.63) is 51.3 Å². The van der Waals surface area contributed by atoms with Crippen molar-refractivity contribution in [2.75, 3.05) is 20.3 Å². The molecule has 2 aromatic rings. The van der Waals surface area contributed by atoms with E-state index in [0.29, 0.717) is 29.8 Å². The lowest BCUT2D eigenvalue weighted by molar-refractivity contribution is -0.144. The number of Topliss-reactive ketones (excluding diaryl/α,β-unsaturated/α-hetero) is 1. The maximum Gasteiger partial charge on any atom is 0.324 e. The van der Waals surface area contributed by atoms with Crippen LogP contribution in [0.4, 0.5) is 0 Å². The van der Waals surface area contributed by atoms with Crippen molar-refractivity contribution in [3.63, 3.8) is 0 Å². The van der Waals surface area contributed by atoms with Crippen LogP contribution in [-0.4, -0.2) is 51.1 Å². The number of sulfonamides is 1. The third-order valence-corrected chi connectivity index (χ3v) is 7.80. The highest BCUT2D eigenvalue weighted by Crippen LogP contribution is 2.26.